The van der Waals surface area contributed by atoms with Crippen molar-refractivity contribution >= 4 is 28.6 Å². The minimum atomic E-state index is -1.38. The quantitative estimate of drug-likeness (QED) is 0.571. The molecule has 0 bridgehead atoms. The van der Waals surface area contributed by atoms with E-state index in [0.29, 0.717) is 11.1 Å². The number of aromatic nitrogens is 2. The fraction of sp³-hybridized carbons (Fsp3) is 0.318. The molecule has 0 aliphatic heterocycles. The molecule has 0 amide bonds. The van der Waals surface area contributed by atoms with Crippen molar-refractivity contribution in [2.75, 3.05) is 13.7 Å². The van der Waals surface area contributed by atoms with Crippen LogP contribution in [0.15, 0.2) is 35.3 Å². The van der Waals surface area contributed by atoms with Gasteiger partial charge in [0.15, 0.2) is 0 Å². The van der Waals surface area contributed by atoms with Crippen molar-refractivity contribution in [2.24, 2.45) is 5.92 Å². The van der Waals surface area contributed by atoms with Crippen molar-refractivity contribution < 1.29 is 24.1 Å². The average Bonchev–Trinajstić information content (AvgIpc) is 2.72. The molecule has 3 rings (SSSR count). The third kappa shape index (κ3) is 4.40. The van der Waals surface area contributed by atoms with Crippen LogP contribution in [0.2, 0.25) is 5.02 Å². The van der Waals surface area contributed by atoms with Crippen LogP contribution in [0.4, 0.5) is 4.39 Å². The number of rotatable bonds is 7. The highest BCUT2D eigenvalue weighted by atomic mass is 35.5. The van der Waals surface area contributed by atoms with Gasteiger partial charge < -0.3 is 19.5 Å². The van der Waals surface area contributed by atoms with E-state index >= 15 is 0 Å². The topological polar surface area (TPSA) is 102 Å². The molecule has 1 atom stereocenters. The summed E-state index contributed by atoms with van der Waals surface area (Å²) < 4.78 is 20.8. The molecule has 2 heterocycles. The monoisotopic (exact) mass is 448 g/mol. The molecule has 164 valence electrons. The lowest BCUT2D eigenvalue weighted by molar-refractivity contribution is 0.0694. The summed E-state index contributed by atoms with van der Waals surface area (Å²) in [5.41, 5.74) is 0.130. The van der Waals surface area contributed by atoms with Crippen LogP contribution in [0.3, 0.4) is 0 Å². The molecule has 3 aromatic rings. The van der Waals surface area contributed by atoms with E-state index in [1.807, 2.05) is 13.8 Å². The molecular formula is C22H22ClFN2O5. The lowest BCUT2D eigenvalue weighted by Crippen LogP contribution is -2.26. The standard InChI is InChI=1S/C22H22ClFN2O5/c1-11(2)18(10-27)26-9-15(22(29)30)19(28)14-8-13(21(31-3)25-20(14)26)6-12-4-5-16(23)17(24)7-12/h4-5,7-9,11,18,27H,6,10H2,1-3H3,(H,29,30)/t18-/m1/s1. The highest BCUT2D eigenvalue weighted by Gasteiger charge is 2.23. The number of aliphatic hydroxyl groups is 1. The van der Waals surface area contributed by atoms with Gasteiger partial charge in [-0.15, -0.1) is 0 Å². The van der Waals surface area contributed by atoms with Gasteiger partial charge in [-0.1, -0.05) is 31.5 Å². The van der Waals surface area contributed by atoms with Gasteiger partial charge >= 0.3 is 5.97 Å². The molecule has 31 heavy (non-hydrogen) atoms. The highest BCUT2D eigenvalue weighted by molar-refractivity contribution is 6.30. The van der Waals surface area contributed by atoms with Gasteiger partial charge in [0.2, 0.25) is 11.3 Å². The fourth-order valence-corrected chi connectivity index (χ4v) is 3.61. The summed E-state index contributed by atoms with van der Waals surface area (Å²) in [6.45, 7) is 3.46. The Labute approximate surface area is 182 Å². The molecular weight excluding hydrogens is 427 g/mol. The Kier molecular flexibility index (Phi) is 6.62. The van der Waals surface area contributed by atoms with Crippen LogP contribution >= 0.6 is 11.6 Å². The molecule has 2 N–H and O–H groups in total. The molecule has 0 fully saturated rings. The number of benzene rings is 1. The van der Waals surface area contributed by atoms with Crippen molar-refractivity contribution in [3.8, 4) is 5.88 Å². The largest absolute Gasteiger partial charge is 0.481 e. The molecule has 9 heteroatoms. The van der Waals surface area contributed by atoms with Gasteiger partial charge in [-0.25, -0.2) is 9.18 Å². The van der Waals surface area contributed by atoms with Crippen LogP contribution in [0.25, 0.3) is 11.0 Å². The number of pyridine rings is 2. The summed E-state index contributed by atoms with van der Waals surface area (Å²) in [5, 5.41) is 19.5. The van der Waals surface area contributed by atoms with Crippen LogP contribution in [-0.2, 0) is 6.42 Å². The Balaban J connectivity index is 2.29. The molecule has 0 aliphatic rings. The summed E-state index contributed by atoms with van der Waals surface area (Å²) in [7, 11) is 1.42. The Hall–Kier alpha value is -2.97. The zero-order valence-corrected chi connectivity index (χ0v) is 18.0. The Morgan fingerprint density at radius 2 is 2.03 bits per heavy atom. The molecule has 0 aliphatic carbocycles. The van der Waals surface area contributed by atoms with Gasteiger partial charge in [0, 0.05) is 18.2 Å². The second kappa shape index (κ2) is 9.03. The average molecular weight is 449 g/mol. The number of aromatic carboxylic acids is 1. The Bertz CT molecular complexity index is 1210. The predicted octanol–water partition coefficient (Wildman–Crippen LogP) is 3.68. The normalized spacial score (nSPS) is 12.4. The van der Waals surface area contributed by atoms with Crippen molar-refractivity contribution in [1.82, 2.24) is 9.55 Å². The van der Waals surface area contributed by atoms with E-state index in [0.717, 1.165) is 0 Å². The first-order valence-electron chi connectivity index (χ1n) is 9.58. The van der Waals surface area contributed by atoms with E-state index in [4.69, 9.17) is 16.3 Å². The van der Waals surface area contributed by atoms with Gasteiger partial charge in [-0.2, -0.15) is 4.98 Å². The van der Waals surface area contributed by atoms with Gasteiger partial charge in [0.05, 0.1) is 30.2 Å². The number of hydrogen-bond acceptors (Lipinski definition) is 5. The van der Waals surface area contributed by atoms with E-state index in [9.17, 15) is 24.2 Å². The second-order valence-electron chi connectivity index (χ2n) is 7.53. The third-order valence-corrected chi connectivity index (χ3v) is 5.47. The fourth-order valence-electron chi connectivity index (χ4n) is 3.49. The van der Waals surface area contributed by atoms with Crippen molar-refractivity contribution in [3.05, 3.63) is 68.2 Å². The lowest BCUT2D eigenvalue weighted by atomic mass is 10.0. The molecule has 0 saturated carbocycles. The molecule has 0 saturated heterocycles. The van der Waals surface area contributed by atoms with Gasteiger partial charge in [-0.3, -0.25) is 4.79 Å². The highest BCUT2D eigenvalue weighted by Crippen LogP contribution is 2.28. The zero-order chi connectivity index (χ0) is 22.9. The predicted molar refractivity (Wildman–Crippen MR) is 115 cm³/mol. The summed E-state index contributed by atoms with van der Waals surface area (Å²) in [6, 6.07) is 5.35. The van der Waals surface area contributed by atoms with Crippen LogP contribution in [0.5, 0.6) is 5.88 Å². The number of methoxy groups -OCH3 is 1. The maximum absolute atomic E-state index is 13.9. The van der Waals surface area contributed by atoms with Crippen LogP contribution < -0.4 is 10.2 Å². The Morgan fingerprint density at radius 1 is 1.32 bits per heavy atom. The number of halogens is 2. The van der Waals surface area contributed by atoms with E-state index < -0.39 is 28.8 Å². The smallest absolute Gasteiger partial charge is 0.341 e. The summed E-state index contributed by atoms with van der Waals surface area (Å²) in [6.07, 6.45) is 1.39. The van der Waals surface area contributed by atoms with Crippen LogP contribution in [0.1, 0.15) is 41.4 Å². The first-order chi connectivity index (χ1) is 14.7. The number of carbonyl (C=O) groups is 1. The molecule has 7 nitrogen and oxygen atoms in total. The molecule has 0 unspecified atom stereocenters. The number of carboxylic acid groups (broad SMARTS) is 1. The lowest BCUT2D eigenvalue weighted by Gasteiger charge is -2.24. The molecule has 0 radical (unpaired) electrons. The van der Waals surface area contributed by atoms with Crippen molar-refractivity contribution in [3.63, 3.8) is 0 Å². The van der Waals surface area contributed by atoms with E-state index in [-0.39, 0.29) is 40.9 Å². The number of hydrogen-bond donors (Lipinski definition) is 2. The molecule has 0 spiro atoms. The third-order valence-electron chi connectivity index (χ3n) is 5.16. The van der Waals surface area contributed by atoms with Crippen LogP contribution in [0, 0.1) is 11.7 Å². The summed E-state index contributed by atoms with van der Waals surface area (Å²) in [4.78, 5) is 29.0. The zero-order valence-electron chi connectivity index (χ0n) is 17.2. The number of nitrogens with zero attached hydrogens (tertiary/aromatic N) is 2. The van der Waals surface area contributed by atoms with Crippen LogP contribution in [-0.4, -0.2) is 39.5 Å². The minimum absolute atomic E-state index is 0.00920. The van der Waals surface area contributed by atoms with E-state index in [1.165, 1.54) is 36.1 Å². The maximum atomic E-state index is 13.9. The molecule has 2 aromatic heterocycles. The number of ether oxygens (including phenoxy) is 1. The first kappa shape index (κ1) is 22.7. The minimum Gasteiger partial charge on any atom is -0.481 e. The summed E-state index contributed by atoms with van der Waals surface area (Å²) >= 11 is 5.74. The second-order valence-corrected chi connectivity index (χ2v) is 7.94. The number of carboxylic acids is 1. The molecule has 1 aromatic carbocycles. The van der Waals surface area contributed by atoms with Gasteiger partial charge in [0.1, 0.15) is 17.0 Å². The Morgan fingerprint density at radius 3 is 2.58 bits per heavy atom. The number of fused-ring (bicyclic) bond motifs is 1. The van der Waals surface area contributed by atoms with Gasteiger partial charge in [0.25, 0.3) is 0 Å². The van der Waals surface area contributed by atoms with Crippen molar-refractivity contribution in [2.45, 2.75) is 26.3 Å². The van der Waals surface area contributed by atoms with Crippen molar-refractivity contribution in [1.29, 1.82) is 0 Å². The maximum Gasteiger partial charge on any atom is 0.341 e. The first-order valence-corrected chi connectivity index (χ1v) is 9.96. The van der Waals surface area contributed by atoms with E-state index in [1.54, 1.807) is 6.07 Å². The summed E-state index contributed by atoms with van der Waals surface area (Å²) in [5.74, 6) is -1.82. The van der Waals surface area contributed by atoms with Gasteiger partial charge in [-0.05, 0) is 29.7 Å². The SMILES string of the molecule is COc1nc2c(cc1Cc1ccc(Cl)c(F)c1)c(=O)c(C(=O)O)cn2[C@H](CO)C(C)C. The van der Waals surface area contributed by atoms with E-state index in [2.05, 4.69) is 4.98 Å². The number of aliphatic hydroxyl groups excluding tert-OH is 1.